The highest BCUT2D eigenvalue weighted by molar-refractivity contribution is 5.87. The van der Waals surface area contributed by atoms with Crippen molar-refractivity contribution in [2.75, 3.05) is 31.6 Å². The molecule has 0 radical (unpaired) electrons. The van der Waals surface area contributed by atoms with Crippen molar-refractivity contribution in [2.45, 2.75) is 25.2 Å². The molecule has 146 valence electrons. The third kappa shape index (κ3) is 3.46. The van der Waals surface area contributed by atoms with Crippen LogP contribution in [0.15, 0.2) is 48.7 Å². The smallest absolute Gasteiger partial charge is 0.337 e. The number of likely N-dealkylation sites (tertiary alicyclic amines) is 1. The Labute approximate surface area is 164 Å². The van der Waals surface area contributed by atoms with Crippen molar-refractivity contribution in [1.82, 2.24) is 9.88 Å². The van der Waals surface area contributed by atoms with Gasteiger partial charge in [0.1, 0.15) is 5.82 Å². The summed E-state index contributed by atoms with van der Waals surface area (Å²) in [7, 11) is 1.91. The lowest BCUT2D eigenvalue weighted by molar-refractivity contribution is -0.138. The maximum absolute atomic E-state index is 12.8. The fourth-order valence-electron chi connectivity index (χ4n) is 4.65. The van der Waals surface area contributed by atoms with E-state index in [1.54, 1.807) is 12.1 Å². The van der Waals surface area contributed by atoms with Crippen molar-refractivity contribution >= 4 is 17.7 Å². The van der Waals surface area contributed by atoms with Gasteiger partial charge in [-0.1, -0.05) is 30.3 Å². The first kappa shape index (κ1) is 18.5. The number of carboxylic acid groups (broad SMARTS) is 1. The highest BCUT2D eigenvalue weighted by atomic mass is 16.4. The summed E-state index contributed by atoms with van der Waals surface area (Å²) < 4.78 is 0. The topological polar surface area (TPSA) is 73.7 Å². The van der Waals surface area contributed by atoms with Crippen LogP contribution < -0.4 is 4.90 Å². The number of carbonyl (C=O) groups excluding carboxylic acids is 1. The van der Waals surface area contributed by atoms with Crippen molar-refractivity contribution in [1.29, 1.82) is 0 Å². The first-order chi connectivity index (χ1) is 13.5. The van der Waals surface area contributed by atoms with Crippen LogP contribution in [0.3, 0.4) is 0 Å². The number of likely N-dealkylation sites (N-methyl/N-ethyl adjacent to an activating group) is 1. The van der Waals surface area contributed by atoms with E-state index in [-0.39, 0.29) is 22.8 Å². The minimum Gasteiger partial charge on any atom is -0.478 e. The molecule has 2 saturated heterocycles. The van der Waals surface area contributed by atoms with Gasteiger partial charge in [0.15, 0.2) is 0 Å². The van der Waals surface area contributed by atoms with E-state index < -0.39 is 5.97 Å². The molecule has 1 atom stereocenters. The van der Waals surface area contributed by atoms with E-state index in [2.05, 4.69) is 22.0 Å². The molecule has 1 spiro atoms. The Morgan fingerprint density at radius 2 is 1.86 bits per heavy atom. The quantitative estimate of drug-likeness (QED) is 0.887. The third-order valence-corrected chi connectivity index (χ3v) is 6.23. The molecule has 2 aliphatic rings. The molecule has 4 rings (SSSR count). The number of carboxylic acids is 1. The van der Waals surface area contributed by atoms with Gasteiger partial charge in [-0.05, 0) is 42.4 Å². The van der Waals surface area contributed by atoms with Crippen LogP contribution in [0.1, 0.15) is 41.1 Å². The molecule has 1 aromatic carbocycles. The molecule has 0 aliphatic carbocycles. The number of hydrogen-bond donors (Lipinski definition) is 1. The number of hydrogen-bond acceptors (Lipinski definition) is 4. The molecule has 0 bridgehead atoms. The molecule has 6 heteroatoms. The average molecular weight is 379 g/mol. The number of amides is 1. The zero-order valence-corrected chi connectivity index (χ0v) is 16.0. The van der Waals surface area contributed by atoms with Crippen LogP contribution >= 0.6 is 0 Å². The molecule has 0 unspecified atom stereocenters. The Balaban J connectivity index is 1.48. The Morgan fingerprint density at radius 1 is 1.14 bits per heavy atom. The summed E-state index contributed by atoms with van der Waals surface area (Å²) in [4.78, 5) is 32.2. The van der Waals surface area contributed by atoms with Crippen LogP contribution in [0.5, 0.6) is 0 Å². The van der Waals surface area contributed by atoms with Gasteiger partial charge in [-0.25, -0.2) is 9.78 Å². The van der Waals surface area contributed by atoms with Crippen molar-refractivity contribution in [3.8, 4) is 0 Å². The van der Waals surface area contributed by atoms with Crippen molar-refractivity contribution < 1.29 is 14.7 Å². The molecular formula is C22H25N3O3. The van der Waals surface area contributed by atoms with Gasteiger partial charge in [0.25, 0.3) is 0 Å². The lowest BCUT2D eigenvalue weighted by Gasteiger charge is -2.49. The van der Waals surface area contributed by atoms with Crippen molar-refractivity contribution in [3.63, 3.8) is 0 Å². The Hall–Kier alpha value is -2.89. The molecule has 2 aliphatic heterocycles. The number of piperidine rings is 2. The zero-order valence-electron chi connectivity index (χ0n) is 16.0. The standard InChI is InChI=1S/C22H25N3O3/c1-24-15-22(13-18(20(24)26)16-5-3-2-4-6-16)9-11-25(12-10-22)19-8-7-17(14-23-19)21(27)28/h2-8,14,18H,9-13,15H2,1H3,(H,27,28)/t18-/m1/s1. The minimum absolute atomic E-state index is 0.0699. The zero-order chi connectivity index (χ0) is 19.7. The SMILES string of the molecule is CN1CC2(CCN(c3ccc(C(=O)O)cn3)CC2)C[C@H](c2ccccc2)C1=O. The van der Waals surface area contributed by atoms with E-state index in [4.69, 9.17) is 5.11 Å². The monoisotopic (exact) mass is 379 g/mol. The van der Waals surface area contributed by atoms with Gasteiger partial charge in [-0.3, -0.25) is 4.79 Å². The van der Waals surface area contributed by atoms with Crippen LogP contribution in [0.25, 0.3) is 0 Å². The summed E-state index contributed by atoms with van der Waals surface area (Å²) >= 11 is 0. The van der Waals surface area contributed by atoms with Crippen LogP contribution in [-0.2, 0) is 4.79 Å². The van der Waals surface area contributed by atoms with Gasteiger partial charge < -0.3 is 14.9 Å². The van der Waals surface area contributed by atoms with Gasteiger partial charge in [0.2, 0.25) is 5.91 Å². The van der Waals surface area contributed by atoms with Gasteiger partial charge in [0.05, 0.1) is 11.5 Å². The van der Waals surface area contributed by atoms with E-state index in [1.165, 1.54) is 6.20 Å². The highest BCUT2D eigenvalue weighted by Crippen LogP contribution is 2.45. The number of carbonyl (C=O) groups is 2. The molecule has 1 aromatic heterocycles. The predicted molar refractivity (Wildman–Crippen MR) is 107 cm³/mol. The van der Waals surface area contributed by atoms with E-state index >= 15 is 0 Å². The summed E-state index contributed by atoms with van der Waals surface area (Å²) in [6, 6.07) is 13.5. The van der Waals surface area contributed by atoms with Crippen LogP contribution in [0.2, 0.25) is 0 Å². The normalized spacial score (nSPS) is 21.8. The lowest BCUT2D eigenvalue weighted by Crippen LogP contribution is -2.52. The maximum atomic E-state index is 12.8. The number of nitrogens with zero attached hydrogens (tertiary/aromatic N) is 3. The fraction of sp³-hybridized carbons (Fsp3) is 0.409. The molecule has 6 nitrogen and oxygen atoms in total. The lowest BCUT2D eigenvalue weighted by atomic mass is 9.68. The number of anilines is 1. The summed E-state index contributed by atoms with van der Waals surface area (Å²) in [5.74, 6) is 0.00265. The van der Waals surface area contributed by atoms with Gasteiger partial charge in [0, 0.05) is 32.9 Å². The van der Waals surface area contributed by atoms with Crippen LogP contribution in [0, 0.1) is 5.41 Å². The molecule has 0 saturated carbocycles. The first-order valence-electron chi connectivity index (χ1n) is 9.72. The molecule has 2 fully saturated rings. The predicted octanol–water partition coefficient (Wildman–Crippen LogP) is 3.01. The van der Waals surface area contributed by atoms with Crippen molar-refractivity contribution in [2.24, 2.45) is 5.41 Å². The minimum atomic E-state index is -0.960. The number of benzene rings is 1. The number of pyridine rings is 1. The number of aromatic nitrogens is 1. The van der Waals surface area contributed by atoms with Crippen molar-refractivity contribution in [3.05, 3.63) is 59.8 Å². The molecule has 1 N–H and O–H groups in total. The fourth-order valence-corrected chi connectivity index (χ4v) is 4.65. The van der Waals surface area contributed by atoms with Gasteiger partial charge >= 0.3 is 5.97 Å². The van der Waals surface area contributed by atoms with Crippen LogP contribution in [0.4, 0.5) is 5.82 Å². The second-order valence-corrected chi connectivity index (χ2v) is 8.06. The summed E-state index contributed by atoms with van der Waals surface area (Å²) in [6.07, 6.45) is 4.30. The van der Waals surface area contributed by atoms with Gasteiger partial charge in [-0.2, -0.15) is 0 Å². The van der Waals surface area contributed by atoms with Crippen LogP contribution in [-0.4, -0.2) is 53.5 Å². The molecule has 2 aromatic rings. The molecule has 3 heterocycles. The second-order valence-electron chi connectivity index (χ2n) is 8.06. The highest BCUT2D eigenvalue weighted by Gasteiger charge is 2.45. The Bertz CT molecular complexity index is 858. The van der Waals surface area contributed by atoms with E-state index in [0.29, 0.717) is 0 Å². The Kier molecular flexibility index (Phi) is 4.79. The summed E-state index contributed by atoms with van der Waals surface area (Å²) in [6.45, 7) is 2.53. The Morgan fingerprint density at radius 3 is 2.46 bits per heavy atom. The van der Waals surface area contributed by atoms with Gasteiger partial charge in [-0.15, -0.1) is 0 Å². The van der Waals surface area contributed by atoms with E-state index in [0.717, 1.165) is 50.3 Å². The summed E-state index contributed by atoms with van der Waals surface area (Å²) in [5, 5.41) is 9.03. The molecule has 1 amide bonds. The number of rotatable bonds is 3. The van der Waals surface area contributed by atoms with E-state index in [9.17, 15) is 9.59 Å². The average Bonchev–Trinajstić information content (AvgIpc) is 2.72. The van der Waals surface area contributed by atoms with E-state index in [1.807, 2.05) is 30.1 Å². The maximum Gasteiger partial charge on any atom is 0.337 e. The molecular weight excluding hydrogens is 354 g/mol. The second kappa shape index (κ2) is 7.26. The first-order valence-corrected chi connectivity index (χ1v) is 9.72. The molecule has 28 heavy (non-hydrogen) atoms. The third-order valence-electron chi connectivity index (χ3n) is 6.23. The largest absolute Gasteiger partial charge is 0.478 e. The summed E-state index contributed by atoms with van der Waals surface area (Å²) in [5.41, 5.74) is 1.43. The number of aromatic carboxylic acids is 1.